The van der Waals surface area contributed by atoms with Gasteiger partial charge < -0.3 is 9.47 Å². The molecule has 15 heavy (non-hydrogen) atoms. The zero-order chi connectivity index (χ0) is 11.1. The molecule has 1 aromatic carbocycles. The predicted octanol–water partition coefficient (Wildman–Crippen LogP) is 2.52. The van der Waals surface area contributed by atoms with Crippen LogP contribution in [0.3, 0.4) is 0 Å². The van der Waals surface area contributed by atoms with Crippen LogP contribution in [-0.2, 0) is 9.53 Å². The molecule has 1 rings (SSSR count). The number of para-hydroxylation sites is 1. The number of halogens is 1. The Morgan fingerprint density at radius 2 is 2.07 bits per heavy atom. The normalized spacial score (nSPS) is 10.9. The summed E-state index contributed by atoms with van der Waals surface area (Å²) in [6.07, 6.45) is 1.36. The summed E-state index contributed by atoms with van der Waals surface area (Å²) in [6, 6.07) is 8.90. The molecule has 0 spiro atoms. The number of rotatable bonds is 4. The highest BCUT2D eigenvalue weighted by atomic mass is 79.9. The minimum absolute atomic E-state index is 0.395. The van der Waals surface area contributed by atoms with Crippen molar-refractivity contribution in [3.63, 3.8) is 0 Å². The number of hydrogen-bond acceptors (Lipinski definition) is 3. The maximum atomic E-state index is 11.5. The average Bonchev–Trinajstić information content (AvgIpc) is 2.27. The number of methoxy groups -OCH3 is 1. The van der Waals surface area contributed by atoms with E-state index in [0.29, 0.717) is 16.7 Å². The Morgan fingerprint density at radius 1 is 1.40 bits per heavy atom. The van der Waals surface area contributed by atoms with Crippen LogP contribution < -0.4 is 4.74 Å². The van der Waals surface area contributed by atoms with Crippen molar-refractivity contribution in [1.29, 1.82) is 0 Å². The minimum atomic E-state index is -0.417. The van der Waals surface area contributed by atoms with Crippen LogP contribution in [0.25, 0.3) is 0 Å². The summed E-state index contributed by atoms with van der Waals surface area (Å²) in [7, 11) is 1.48. The summed E-state index contributed by atoms with van der Waals surface area (Å²) < 4.78 is 9.86. The summed E-state index contributed by atoms with van der Waals surface area (Å²) in [5.41, 5.74) is 0.432. The van der Waals surface area contributed by atoms with Crippen molar-refractivity contribution in [3.8, 4) is 5.75 Å². The maximum Gasteiger partial charge on any atom is 0.343 e. The summed E-state index contributed by atoms with van der Waals surface area (Å²) in [5, 5.41) is 0.395. The Bertz CT molecular complexity index is 346. The predicted molar refractivity (Wildman–Crippen MR) is 61.0 cm³/mol. The molecular formula is C11H11BrO3. The van der Waals surface area contributed by atoms with E-state index in [-0.39, 0.29) is 0 Å². The van der Waals surface area contributed by atoms with Crippen LogP contribution in [0.4, 0.5) is 0 Å². The Balaban J connectivity index is 2.67. The molecule has 0 aliphatic carbocycles. The fourth-order valence-electron chi connectivity index (χ4n) is 0.938. The Kier molecular flexibility index (Phi) is 4.90. The maximum absolute atomic E-state index is 11.5. The van der Waals surface area contributed by atoms with Gasteiger partial charge in [0, 0.05) is 5.33 Å². The fourth-order valence-corrected chi connectivity index (χ4v) is 1.30. The lowest BCUT2D eigenvalue weighted by atomic mass is 10.3. The Labute approximate surface area is 96.8 Å². The molecule has 0 unspecified atom stereocenters. The van der Waals surface area contributed by atoms with Crippen molar-refractivity contribution in [3.05, 3.63) is 42.2 Å². The van der Waals surface area contributed by atoms with E-state index in [0.717, 1.165) is 0 Å². The third kappa shape index (κ3) is 3.75. The van der Waals surface area contributed by atoms with Crippen LogP contribution in [0.5, 0.6) is 5.75 Å². The van der Waals surface area contributed by atoms with Crippen molar-refractivity contribution in [1.82, 2.24) is 0 Å². The molecule has 0 saturated carbocycles. The summed E-state index contributed by atoms with van der Waals surface area (Å²) in [4.78, 5) is 11.5. The molecule has 0 fully saturated rings. The van der Waals surface area contributed by atoms with Gasteiger partial charge in [0.1, 0.15) is 5.75 Å². The van der Waals surface area contributed by atoms with Crippen molar-refractivity contribution in [2.75, 3.05) is 12.4 Å². The van der Waals surface area contributed by atoms with Crippen molar-refractivity contribution < 1.29 is 14.3 Å². The first-order valence-electron chi connectivity index (χ1n) is 4.33. The first kappa shape index (κ1) is 11.8. The van der Waals surface area contributed by atoms with Gasteiger partial charge in [-0.05, 0) is 12.1 Å². The topological polar surface area (TPSA) is 35.5 Å². The van der Waals surface area contributed by atoms with Gasteiger partial charge in [0.15, 0.2) is 0 Å². The van der Waals surface area contributed by atoms with Crippen LogP contribution in [-0.4, -0.2) is 18.4 Å². The van der Waals surface area contributed by atoms with E-state index in [9.17, 15) is 4.79 Å². The van der Waals surface area contributed by atoms with Gasteiger partial charge >= 0.3 is 5.97 Å². The molecule has 3 nitrogen and oxygen atoms in total. The zero-order valence-corrected chi connectivity index (χ0v) is 9.86. The van der Waals surface area contributed by atoms with E-state index in [4.69, 9.17) is 9.47 Å². The number of benzene rings is 1. The van der Waals surface area contributed by atoms with E-state index in [1.165, 1.54) is 13.4 Å². The zero-order valence-electron chi connectivity index (χ0n) is 8.27. The summed E-state index contributed by atoms with van der Waals surface area (Å²) in [5.74, 6) is 0.102. The lowest BCUT2D eigenvalue weighted by molar-refractivity contribution is -0.130. The van der Waals surface area contributed by atoms with E-state index in [2.05, 4.69) is 15.9 Å². The molecule has 4 heteroatoms. The second kappa shape index (κ2) is 6.24. The van der Waals surface area contributed by atoms with Crippen LogP contribution in [0.2, 0.25) is 0 Å². The minimum Gasteiger partial charge on any atom is -0.504 e. The van der Waals surface area contributed by atoms with Gasteiger partial charge in [0.05, 0.1) is 18.9 Å². The second-order valence-corrected chi connectivity index (χ2v) is 3.28. The van der Waals surface area contributed by atoms with Gasteiger partial charge in [0.25, 0.3) is 0 Å². The first-order valence-corrected chi connectivity index (χ1v) is 5.45. The van der Waals surface area contributed by atoms with E-state index in [1.807, 2.05) is 6.07 Å². The molecule has 0 N–H and O–H groups in total. The van der Waals surface area contributed by atoms with Gasteiger partial charge in [-0.25, -0.2) is 4.79 Å². The van der Waals surface area contributed by atoms with Gasteiger partial charge in [-0.15, -0.1) is 0 Å². The molecule has 0 amide bonds. The number of ether oxygens (including phenoxy) is 2. The molecule has 0 heterocycles. The molecule has 0 radical (unpaired) electrons. The highest BCUT2D eigenvalue weighted by Gasteiger charge is 2.10. The lowest BCUT2D eigenvalue weighted by Gasteiger charge is -2.04. The summed E-state index contributed by atoms with van der Waals surface area (Å²) in [6.45, 7) is 0. The van der Waals surface area contributed by atoms with Gasteiger partial charge in [-0.3, -0.25) is 0 Å². The molecule has 1 aromatic rings. The molecular weight excluding hydrogens is 260 g/mol. The molecule has 0 aliphatic heterocycles. The van der Waals surface area contributed by atoms with Crippen LogP contribution >= 0.6 is 15.9 Å². The van der Waals surface area contributed by atoms with E-state index >= 15 is 0 Å². The molecule has 0 aromatic heterocycles. The largest absolute Gasteiger partial charge is 0.504 e. The quantitative estimate of drug-likeness (QED) is 0.277. The van der Waals surface area contributed by atoms with Crippen molar-refractivity contribution >= 4 is 21.9 Å². The molecule has 0 bridgehead atoms. The first-order chi connectivity index (χ1) is 7.27. The third-order valence-corrected chi connectivity index (χ3v) is 2.22. The number of hydrogen-bond donors (Lipinski definition) is 0. The second-order valence-electron chi connectivity index (χ2n) is 2.71. The van der Waals surface area contributed by atoms with Crippen LogP contribution in [0.15, 0.2) is 42.2 Å². The van der Waals surface area contributed by atoms with Gasteiger partial charge in [-0.2, -0.15) is 0 Å². The average molecular weight is 271 g/mol. The Hall–Kier alpha value is -1.29. The molecule has 0 aliphatic rings. The van der Waals surface area contributed by atoms with E-state index < -0.39 is 5.97 Å². The number of carbonyl (C=O) groups excluding carboxylic acids is 1. The monoisotopic (exact) mass is 270 g/mol. The molecule has 80 valence electrons. The fraction of sp³-hybridized carbons (Fsp3) is 0.182. The summed E-state index contributed by atoms with van der Waals surface area (Å²) >= 11 is 3.18. The van der Waals surface area contributed by atoms with Crippen LogP contribution in [0.1, 0.15) is 0 Å². The van der Waals surface area contributed by atoms with Crippen LogP contribution in [0, 0.1) is 0 Å². The number of carbonyl (C=O) groups is 1. The van der Waals surface area contributed by atoms with Gasteiger partial charge in [-0.1, -0.05) is 34.1 Å². The molecule has 0 saturated heterocycles. The SMILES string of the molecule is CO/C=C(/CBr)C(=O)Oc1ccccc1. The number of alkyl halides is 1. The highest BCUT2D eigenvalue weighted by molar-refractivity contribution is 9.09. The lowest BCUT2D eigenvalue weighted by Crippen LogP contribution is -2.12. The smallest absolute Gasteiger partial charge is 0.343 e. The van der Waals surface area contributed by atoms with Crippen molar-refractivity contribution in [2.45, 2.75) is 0 Å². The standard InChI is InChI=1S/C11H11BrO3/c1-14-8-9(7-12)11(13)15-10-5-3-2-4-6-10/h2-6,8H,7H2,1H3/b9-8-. The van der Waals surface area contributed by atoms with Gasteiger partial charge in [0.2, 0.25) is 0 Å². The van der Waals surface area contributed by atoms with E-state index in [1.54, 1.807) is 24.3 Å². The highest BCUT2D eigenvalue weighted by Crippen LogP contribution is 2.11. The Morgan fingerprint density at radius 3 is 2.60 bits per heavy atom. The van der Waals surface area contributed by atoms with Crippen molar-refractivity contribution in [2.24, 2.45) is 0 Å². The third-order valence-electron chi connectivity index (χ3n) is 1.62. The number of esters is 1. The molecule has 0 atom stereocenters.